The van der Waals surface area contributed by atoms with E-state index in [0.29, 0.717) is 32.4 Å². The Bertz CT molecular complexity index is 1180. The second kappa shape index (κ2) is 14.3. The highest BCUT2D eigenvalue weighted by Gasteiger charge is 2.33. The predicted octanol–water partition coefficient (Wildman–Crippen LogP) is -0.395. The summed E-state index contributed by atoms with van der Waals surface area (Å²) in [6.45, 7) is 1.03. The van der Waals surface area contributed by atoms with Gasteiger partial charge in [0, 0.05) is 23.5 Å². The molecule has 1 aromatic heterocycles. The van der Waals surface area contributed by atoms with Crippen molar-refractivity contribution in [1.29, 1.82) is 0 Å². The van der Waals surface area contributed by atoms with Crippen LogP contribution < -0.4 is 27.0 Å². The summed E-state index contributed by atoms with van der Waals surface area (Å²) >= 11 is 0. The maximum atomic E-state index is 13.4. The minimum absolute atomic E-state index is 0.0759. The zero-order chi connectivity index (χ0) is 28.4. The number of aromatic nitrogens is 1. The summed E-state index contributed by atoms with van der Waals surface area (Å²) in [5.74, 6) is -4.73. The van der Waals surface area contributed by atoms with E-state index in [1.807, 2.05) is 24.3 Å². The van der Waals surface area contributed by atoms with E-state index in [-0.39, 0.29) is 18.7 Å². The highest BCUT2D eigenvalue weighted by Crippen LogP contribution is 2.19. The quantitative estimate of drug-likeness (QED) is 0.137. The number of para-hydroxylation sites is 1. The normalized spacial score (nSPS) is 17.2. The minimum Gasteiger partial charge on any atom is -0.481 e. The number of fused-ring (bicyclic) bond motifs is 1. The largest absolute Gasteiger partial charge is 0.481 e. The monoisotopic (exact) mass is 544 g/mol. The van der Waals surface area contributed by atoms with Crippen LogP contribution in [0.3, 0.4) is 0 Å². The van der Waals surface area contributed by atoms with Crippen LogP contribution in [-0.4, -0.2) is 82.1 Å². The molecule has 9 N–H and O–H groups in total. The Labute approximate surface area is 225 Å². The summed E-state index contributed by atoms with van der Waals surface area (Å²) in [6.07, 6.45) is 3.55. The van der Waals surface area contributed by atoms with Crippen molar-refractivity contribution in [2.75, 3.05) is 13.1 Å². The van der Waals surface area contributed by atoms with Gasteiger partial charge in [0.05, 0.1) is 12.5 Å². The summed E-state index contributed by atoms with van der Waals surface area (Å²) in [4.78, 5) is 65.5. The number of carbonyl (C=O) groups excluding carboxylic acids is 3. The maximum Gasteiger partial charge on any atom is 0.326 e. The molecule has 39 heavy (non-hydrogen) atoms. The fourth-order valence-electron chi connectivity index (χ4n) is 4.59. The smallest absolute Gasteiger partial charge is 0.326 e. The molecule has 212 valence electrons. The Kier molecular flexibility index (Phi) is 10.8. The molecule has 0 saturated carbocycles. The summed E-state index contributed by atoms with van der Waals surface area (Å²) in [7, 11) is 0. The Morgan fingerprint density at radius 2 is 1.69 bits per heavy atom. The van der Waals surface area contributed by atoms with Crippen LogP contribution in [-0.2, 0) is 30.4 Å². The standard InChI is InChI=1S/C26H36N6O7/c27-10-4-3-8-19(26(38)39)30-25(37)21(13-22(33)34)32-24(36)20(31-23(35)18-9-5-11-28-18)12-15-14-29-17-7-2-1-6-16(15)17/h1-2,6-7,14,18-21,28-29H,3-5,8-13,27H2,(H,30,37)(H,31,35)(H,32,36)(H,33,34)(H,38,39). The highest BCUT2D eigenvalue weighted by molar-refractivity contribution is 5.96. The molecule has 4 atom stereocenters. The average molecular weight is 545 g/mol. The number of hydrogen-bond donors (Lipinski definition) is 8. The number of benzene rings is 1. The van der Waals surface area contributed by atoms with Crippen molar-refractivity contribution in [2.45, 2.75) is 69.1 Å². The van der Waals surface area contributed by atoms with E-state index in [9.17, 15) is 34.2 Å². The van der Waals surface area contributed by atoms with Gasteiger partial charge >= 0.3 is 11.9 Å². The lowest BCUT2D eigenvalue weighted by Gasteiger charge is -2.24. The Balaban J connectivity index is 1.78. The molecule has 2 heterocycles. The molecule has 13 nitrogen and oxygen atoms in total. The molecule has 4 unspecified atom stereocenters. The van der Waals surface area contributed by atoms with E-state index < -0.39 is 54.3 Å². The highest BCUT2D eigenvalue weighted by atomic mass is 16.4. The van der Waals surface area contributed by atoms with Crippen LogP contribution in [0.4, 0.5) is 0 Å². The van der Waals surface area contributed by atoms with Crippen molar-refractivity contribution < 1.29 is 34.2 Å². The van der Waals surface area contributed by atoms with Gasteiger partial charge in [0.25, 0.3) is 0 Å². The first-order valence-corrected chi connectivity index (χ1v) is 13.0. The van der Waals surface area contributed by atoms with E-state index in [1.54, 1.807) is 6.20 Å². The first-order valence-electron chi connectivity index (χ1n) is 13.0. The third kappa shape index (κ3) is 8.52. The van der Waals surface area contributed by atoms with Crippen LogP contribution in [0, 0.1) is 0 Å². The molecule has 0 bridgehead atoms. The molecule has 1 aliphatic rings. The summed E-state index contributed by atoms with van der Waals surface area (Å²) in [6, 6.07) is 3.02. The second-order valence-electron chi connectivity index (χ2n) is 9.62. The van der Waals surface area contributed by atoms with E-state index >= 15 is 0 Å². The zero-order valence-electron chi connectivity index (χ0n) is 21.6. The van der Waals surface area contributed by atoms with Gasteiger partial charge in [-0.1, -0.05) is 18.2 Å². The maximum absolute atomic E-state index is 13.4. The van der Waals surface area contributed by atoms with Crippen molar-refractivity contribution in [2.24, 2.45) is 5.73 Å². The van der Waals surface area contributed by atoms with E-state index in [4.69, 9.17) is 5.73 Å². The molecular weight excluding hydrogens is 508 g/mol. The number of hydrogen-bond acceptors (Lipinski definition) is 7. The van der Waals surface area contributed by atoms with Crippen LogP contribution in [0.2, 0.25) is 0 Å². The molecule has 13 heteroatoms. The van der Waals surface area contributed by atoms with E-state index in [2.05, 4.69) is 26.3 Å². The van der Waals surface area contributed by atoms with Gasteiger partial charge in [-0.15, -0.1) is 0 Å². The molecule has 0 radical (unpaired) electrons. The molecule has 2 aromatic rings. The number of unbranched alkanes of at least 4 members (excludes halogenated alkanes) is 1. The minimum atomic E-state index is -1.56. The molecule has 3 rings (SSSR count). The SMILES string of the molecule is NCCCCC(NC(=O)C(CC(=O)O)NC(=O)C(Cc1c[nH]c2ccccc12)NC(=O)C1CCCN1)C(=O)O. The van der Waals surface area contributed by atoms with Gasteiger partial charge in [0.15, 0.2) is 0 Å². The van der Waals surface area contributed by atoms with E-state index in [0.717, 1.165) is 22.9 Å². The Hall–Kier alpha value is -3.97. The van der Waals surface area contributed by atoms with Crippen LogP contribution in [0.15, 0.2) is 30.5 Å². The number of carboxylic acids is 2. The number of nitrogens with one attached hydrogen (secondary N) is 5. The number of nitrogens with two attached hydrogens (primary N) is 1. The van der Waals surface area contributed by atoms with Crippen molar-refractivity contribution in [3.8, 4) is 0 Å². The summed E-state index contributed by atoms with van der Waals surface area (Å²) in [5.41, 5.74) is 7.03. The molecule has 0 spiro atoms. The fraction of sp³-hybridized carbons (Fsp3) is 0.500. The first kappa shape index (κ1) is 29.6. The predicted molar refractivity (Wildman–Crippen MR) is 142 cm³/mol. The van der Waals surface area contributed by atoms with Crippen LogP contribution >= 0.6 is 0 Å². The molecular formula is C26H36N6O7. The third-order valence-electron chi connectivity index (χ3n) is 6.68. The third-order valence-corrected chi connectivity index (χ3v) is 6.68. The van der Waals surface area contributed by atoms with Gasteiger partial charge in [0.1, 0.15) is 18.1 Å². The summed E-state index contributed by atoms with van der Waals surface area (Å²) in [5, 5.41) is 30.3. The summed E-state index contributed by atoms with van der Waals surface area (Å²) < 4.78 is 0. The second-order valence-corrected chi connectivity index (χ2v) is 9.62. The van der Waals surface area contributed by atoms with E-state index in [1.165, 1.54) is 0 Å². The first-order chi connectivity index (χ1) is 18.7. The Morgan fingerprint density at radius 3 is 2.36 bits per heavy atom. The van der Waals surface area contributed by atoms with Crippen molar-refractivity contribution in [1.82, 2.24) is 26.3 Å². The van der Waals surface area contributed by atoms with Crippen molar-refractivity contribution in [3.05, 3.63) is 36.0 Å². The van der Waals surface area contributed by atoms with Crippen LogP contribution in [0.1, 0.15) is 44.1 Å². The van der Waals surface area contributed by atoms with Gasteiger partial charge in [-0.05, 0) is 56.8 Å². The topological polar surface area (TPSA) is 216 Å². The lowest BCUT2D eigenvalue weighted by molar-refractivity contribution is -0.143. The van der Waals surface area contributed by atoms with Gasteiger partial charge < -0.3 is 42.2 Å². The number of carboxylic acid groups (broad SMARTS) is 2. The van der Waals surface area contributed by atoms with Crippen LogP contribution in [0.5, 0.6) is 0 Å². The number of amides is 3. The average Bonchev–Trinajstić information content (AvgIpc) is 3.58. The number of rotatable bonds is 15. The lowest BCUT2D eigenvalue weighted by atomic mass is 10.0. The number of H-pyrrole nitrogens is 1. The molecule has 1 aliphatic heterocycles. The molecule has 3 amide bonds. The molecule has 1 saturated heterocycles. The van der Waals surface area contributed by atoms with Gasteiger partial charge in [-0.25, -0.2) is 4.79 Å². The molecule has 1 fully saturated rings. The lowest BCUT2D eigenvalue weighted by Crippen LogP contribution is -2.58. The van der Waals surface area contributed by atoms with Crippen molar-refractivity contribution >= 4 is 40.6 Å². The zero-order valence-corrected chi connectivity index (χ0v) is 21.6. The van der Waals surface area contributed by atoms with Crippen LogP contribution in [0.25, 0.3) is 10.9 Å². The molecule has 1 aromatic carbocycles. The number of carbonyl (C=O) groups is 5. The Morgan fingerprint density at radius 1 is 0.974 bits per heavy atom. The van der Waals surface area contributed by atoms with Gasteiger partial charge in [-0.2, -0.15) is 0 Å². The van der Waals surface area contributed by atoms with Gasteiger partial charge in [-0.3, -0.25) is 19.2 Å². The number of aromatic amines is 1. The molecule has 0 aliphatic carbocycles. The van der Waals surface area contributed by atoms with Gasteiger partial charge in [0.2, 0.25) is 17.7 Å². The fourth-order valence-corrected chi connectivity index (χ4v) is 4.59. The number of aliphatic carboxylic acids is 2. The van der Waals surface area contributed by atoms with Crippen molar-refractivity contribution in [3.63, 3.8) is 0 Å².